The lowest BCUT2D eigenvalue weighted by Crippen LogP contribution is -2.59. The van der Waals surface area contributed by atoms with Crippen LogP contribution in [0.2, 0.25) is 0 Å². The Hall–Kier alpha value is -1.50. The molecule has 1 aromatic rings. The monoisotopic (exact) mass is 345 g/mol. The molecule has 1 amide bonds. The predicted octanol–water partition coefficient (Wildman–Crippen LogP) is 1.11. The van der Waals surface area contributed by atoms with E-state index in [-0.39, 0.29) is 11.5 Å². The summed E-state index contributed by atoms with van der Waals surface area (Å²) in [6.45, 7) is 5.90. The van der Waals surface area contributed by atoms with Crippen molar-refractivity contribution >= 4 is 5.91 Å². The summed E-state index contributed by atoms with van der Waals surface area (Å²) in [7, 11) is 0. The first kappa shape index (κ1) is 16.9. The van der Waals surface area contributed by atoms with Crippen LogP contribution in [0.15, 0.2) is 24.5 Å². The first-order chi connectivity index (χ1) is 12.2. The summed E-state index contributed by atoms with van der Waals surface area (Å²) < 4.78 is 11.7. The summed E-state index contributed by atoms with van der Waals surface area (Å²) in [6.07, 6.45) is 7.08. The maximum Gasteiger partial charge on any atom is 0.227 e. The molecular weight excluding hydrogens is 318 g/mol. The van der Waals surface area contributed by atoms with Gasteiger partial charge in [-0.3, -0.25) is 14.7 Å². The van der Waals surface area contributed by atoms with Crippen LogP contribution < -0.4 is 0 Å². The van der Waals surface area contributed by atoms with E-state index in [1.807, 2.05) is 17.0 Å². The molecule has 6 nitrogen and oxygen atoms in total. The second kappa shape index (κ2) is 7.40. The van der Waals surface area contributed by atoms with Gasteiger partial charge >= 0.3 is 0 Å². The zero-order chi connectivity index (χ0) is 17.1. The van der Waals surface area contributed by atoms with Crippen molar-refractivity contribution < 1.29 is 14.3 Å². The molecule has 1 unspecified atom stereocenters. The number of hydrogen-bond acceptors (Lipinski definition) is 5. The number of amides is 1. The predicted molar refractivity (Wildman–Crippen MR) is 93.2 cm³/mol. The molecule has 3 aliphatic heterocycles. The van der Waals surface area contributed by atoms with Crippen molar-refractivity contribution in [3.05, 3.63) is 30.1 Å². The highest BCUT2D eigenvalue weighted by atomic mass is 16.5. The molecule has 25 heavy (non-hydrogen) atoms. The lowest BCUT2D eigenvalue weighted by Gasteiger charge is -2.48. The van der Waals surface area contributed by atoms with Crippen molar-refractivity contribution in [2.45, 2.75) is 37.3 Å². The van der Waals surface area contributed by atoms with Crippen LogP contribution >= 0.6 is 0 Å². The fourth-order valence-electron chi connectivity index (χ4n) is 4.26. The van der Waals surface area contributed by atoms with Gasteiger partial charge in [0.15, 0.2) is 0 Å². The quantitative estimate of drug-likeness (QED) is 0.821. The van der Waals surface area contributed by atoms with Crippen molar-refractivity contribution in [1.82, 2.24) is 14.8 Å². The molecular formula is C19H27N3O3. The van der Waals surface area contributed by atoms with Gasteiger partial charge in [-0.25, -0.2) is 0 Å². The first-order valence-electron chi connectivity index (χ1n) is 9.37. The molecule has 0 aromatic carbocycles. The van der Waals surface area contributed by atoms with Gasteiger partial charge in [-0.2, -0.15) is 0 Å². The van der Waals surface area contributed by atoms with Gasteiger partial charge < -0.3 is 14.4 Å². The summed E-state index contributed by atoms with van der Waals surface area (Å²) in [5.74, 6) is 0.183. The van der Waals surface area contributed by atoms with Crippen LogP contribution in [0.4, 0.5) is 0 Å². The van der Waals surface area contributed by atoms with Gasteiger partial charge in [-0.05, 0) is 30.9 Å². The van der Waals surface area contributed by atoms with Crippen molar-refractivity contribution in [2.24, 2.45) is 0 Å². The number of carbonyl (C=O) groups is 1. The van der Waals surface area contributed by atoms with Gasteiger partial charge in [0.1, 0.15) is 0 Å². The normalized spacial score (nSPS) is 26.9. The van der Waals surface area contributed by atoms with Crippen LogP contribution in [0.1, 0.15) is 24.8 Å². The molecule has 3 aliphatic rings. The number of carbonyl (C=O) groups excluding carboxylic acids is 1. The van der Waals surface area contributed by atoms with Gasteiger partial charge in [0.25, 0.3) is 0 Å². The van der Waals surface area contributed by atoms with Gasteiger partial charge in [-0.1, -0.05) is 6.07 Å². The van der Waals surface area contributed by atoms with E-state index in [9.17, 15) is 4.79 Å². The van der Waals surface area contributed by atoms with E-state index in [0.29, 0.717) is 25.6 Å². The third kappa shape index (κ3) is 3.86. The van der Waals surface area contributed by atoms with Gasteiger partial charge in [0.05, 0.1) is 25.2 Å². The van der Waals surface area contributed by atoms with E-state index in [1.54, 1.807) is 12.4 Å². The number of rotatable bonds is 3. The number of aromatic nitrogens is 1. The standard InChI is InChI=1S/C19H27N3O3/c23-18(12-16-2-1-6-20-13-16)22-9-11-25-19(15-22)4-7-21(8-5-19)17-3-10-24-14-17/h1-2,6,13,17H,3-5,7-12,14-15H2. The summed E-state index contributed by atoms with van der Waals surface area (Å²) in [5.41, 5.74) is 0.822. The van der Waals surface area contributed by atoms with Crippen LogP contribution in [0, 0.1) is 0 Å². The fourth-order valence-corrected chi connectivity index (χ4v) is 4.26. The Morgan fingerprint density at radius 2 is 2.16 bits per heavy atom. The van der Waals surface area contributed by atoms with E-state index >= 15 is 0 Å². The average Bonchev–Trinajstić information content (AvgIpc) is 3.18. The molecule has 0 aliphatic carbocycles. The van der Waals surface area contributed by atoms with Crippen molar-refractivity contribution in [3.63, 3.8) is 0 Å². The Labute approximate surface area is 149 Å². The molecule has 1 aromatic heterocycles. The number of morpholine rings is 1. The van der Waals surface area contributed by atoms with E-state index in [2.05, 4.69) is 9.88 Å². The minimum absolute atomic E-state index is 0.154. The molecule has 6 heteroatoms. The summed E-state index contributed by atoms with van der Waals surface area (Å²) in [4.78, 5) is 21.3. The Morgan fingerprint density at radius 3 is 2.88 bits per heavy atom. The zero-order valence-electron chi connectivity index (χ0n) is 14.7. The van der Waals surface area contributed by atoms with Crippen LogP contribution in [0.5, 0.6) is 0 Å². The van der Waals surface area contributed by atoms with E-state index < -0.39 is 0 Å². The SMILES string of the molecule is O=C(Cc1cccnc1)N1CCOC2(CCN(C3CCOC3)CC2)C1. The van der Waals surface area contributed by atoms with E-state index in [0.717, 1.165) is 57.7 Å². The third-order valence-electron chi connectivity index (χ3n) is 5.81. The fraction of sp³-hybridized carbons (Fsp3) is 0.684. The maximum atomic E-state index is 12.7. The van der Waals surface area contributed by atoms with Gasteiger partial charge in [0.2, 0.25) is 5.91 Å². The number of pyridine rings is 1. The number of hydrogen-bond donors (Lipinski definition) is 0. The molecule has 3 saturated heterocycles. The van der Waals surface area contributed by atoms with Crippen LogP contribution in [0.25, 0.3) is 0 Å². The lowest BCUT2D eigenvalue weighted by molar-refractivity contribution is -0.160. The van der Waals surface area contributed by atoms with Crippen molar-refractivity contribution in [1.29, 1.82) is 0 Å². The molecule has 3 fully saturated rings. The van der Waals surface area contributed by atoms with Gasteiger partial charge in [0, 0.05) is 51.2 Å². The van der Waals surface area contributed by atoms with Crippen LogP contribution in [-0.2, 0) is 20.7 Å². The Kier molecular flexibility index (Phi) is 5.01. The molecule has 0 bridgehead atoms. The summed E-state index contributed by atoms with van der Waals surface area (Å²) in [6, 6.07) is 4.42. The zero-order valence-corrected chi connectivity index (χ0v) is 14.7. The molecule has 4 rings (SSSR count). The Balaban J connectivity index is 1.34. The molecule has 136 valence electrons. The Morgan fingerprint density at radius 1 is 1.28 bits per heavy atom. The minimum Gasteiger partial charge on any atom is -0.380 e. The van der Waals surface area contributed by atoms with Gasteiger partial charge in [-0.15, -0.1) is 0 Å². The highest BCUT2D eigenvalue weighted by Gasteiger charge is 2.42. The maximum absolute atomic E-state index is 12.7. The van der Waals surface area contributed by atoms with Crippen LogP contribution in [-0.4, -0.2) is 78.3 Å². The average molecular weight is 345 g/mol. The largest absolute Gasteiger partial charge is 0.380 e. The molecule has 0 saturated carbocycles. The number of likely N-dealkylation sites (tertiary alicyclic amines) is 1. The number of piperidine rings is 1. The molecule has 1 spiro atoms. The second-order valence-electron chi connectivity index (χ2n) is 7.44. The van der Waals surface area contributed by atoms with Crippen molar-refractivity contribution in [3.8, 4) is 0 Å². The topological polar surface area (TPSA) is 54.9 Å². The molecule has 1 atom stereocenters. The summed E-state index contributed by atoms with van der Waals surface area (Å²) >= 11 is 0. The molecule has 0 radical (unpaired) electrons. The van der Waals surface area contributed by atoms with Crippen molar-refractivity contribution in [2.75, 3.05) is 46.0 Å². The highest BCUT2D eigenvalue weighted by molar-refractivity contribution is 5.78. The lowest BCUT2D eigenvalue weighted by atomic mass is 9.88. The molecule has 0 N–H and O–H groups in total. The third-order valence-corrected chi connectivity index (χ3v) is 5.81. The summed E-state index contributed by atoms with van der Waals surface area (Å²) in [5, 5.41) is 0. The Bertz CT molecular complexity index is 581. The number of ether oxygens (including phenoxy) is 2. The highest BCUT2D eigenvalue weighted by Crippen LogP contribution is 2.32. The molecule has 4 heterocycles. The van der Waals surface area contributed by atoms with E-state index in [1.165, 1.54) is 0 Å². The minimum atomic E-state index is -0.154. The number of nitrogens with zero attached hydrogens (tertiary/aromatic N) is 3. The smallest absolute Gasteiger partial charge is 0.227 e. The van der Waals surface area contributed by atoms with E-state index in [4.69, 9.17) is 9.47 Å². The van der Waals surface area contributed by atoms with Crippen LogP contribution in [0.3, 0.4) is 0 Å². The first-order valence-corrected chi connectivity index (χ1v) is 9.37. The second-order valence-corrected chi connectivity index (χ2v) is 7.44.